The number of rotatable bonds is 9. The first-order valence-corrected chi connectivity index (χ1v) is 18.0. The standard InChI is InChI=1S/C41H51N3O5/c1-9-13-26-14-11-12-15-31(26)35-33-18-16-27(39(45)49-41(5,6)7)22-34(33)43-23-29(20-28-21-30(47-8)17-19-32(28)38(35)43)37-36(40(46)48-10-2)42-24-44(37)25(3)4/h16-22,24-26,31H,9-15,23H2,1-8H3. The average molecular weight is 666 g/mol. The van der Waals surface area contributed by atoms with Crippen molar-refractivity contribution < 1.29 is 23.8 Å². The summed E-state index contributed by atoms with van der Waals surface area (Å²) < 4.78 is 21.5. The van der Waals surface area contributed by atoms with E-state index in [0.717, 1.165) is 46.5 Å². The Morgan fingerprint density at radius 2 is 1.78 bits per heavy atom. The predicted molar refractivity (Wildman–Crippen MR) is 195 cm³/mol. The Morgan fingerprint density at radius 1 is 1.00 bits per heavy atom. The number of aromatic nitrogens is 3. The van der Waals surface area contributed by atoms with Gasteiger partial charge < -0.3 is 23.3 Å². The summed E-state index contributed by atoms with van der Waals surface area (Å²) >= 11 is 0. The molecule has 8 nitrogen and oxygen atoms in total. The van der Waals surface area contributed by atoms with Crippen LogP contribution in [0.3, 0.4) is 0 Å². The third-order valence-electron chi connectivity index (χ3n) is 9.97. The molecule has 2 aliphatic rings. The molecule has 0 saturated heterocycles. The first-order valence-electron chi connectivity index (χ1n) is 18.0. The van der Waals surface area contributed by atoms with Crippen molar-refractivity contribution >= 4 is 34.5 Å². The van der Waals surface area contributed by atoms with Crippen LogP contribution in [0.15, 0.2) is 42.7 Å². The van der Waals surface area contributed by atoms with Gasteiger partial charge in [-0.1, -0.05) is 38.7 Å². The lowest BCUT2D eigenvalue weighted by Gasteiger charge is -2.32. The summed E-state index contributed by atoms with van der Waals surface area (Å²) in [5.41, 5.74) is 7.50. The maximum absolute atomic E-state index is 13.5. The number of ether oxygens (including phenoxy) is 3. The van der Waals surface area contributed by atoms with Crippen LogP contribution in [-0.4, -0.2) is 45.4 Å². The number of benzene rings is 2. The highest BCUT2D eigenvalue weighted by atomic mass is 16.6. The number of fused-ring (bicyclic) bond motifs is 5. The molecule has 6 rings (SSSR count). The smallest absolute Gasteiger partial charge is 0.359 e. The number of hydrogen-bond donors (Lipinski definition) is 0. The molecule has 1 saturated carbocycles. The van der Waals surface area contributed by atoms with Crippen LogP contribution in [0.4, 0.5) is 0 Å². The number of carbonyl (C=O) groups is 2. The first-order chi connectivity index (χ1) is 23.4. The molecule has 8 heteroatoms. The lowest BCUT2D eigenvalue weighted by molar-refractivity contribution is 0.00693. The minimum absolute atomic E-state index is 0.0480. The van der Waals surface area contributed by atoms with E-state index in [4.69, 9.17) is 14.2 Å². The summed E-state index contributed by atoms with van der Waals surface area (Å²) in [6, 6.07) is 12.4. The summed E-state index contributed by atoms with van der Waals surface area (Å²) in [4.78, 5) is 31.5. The topological polar surface area (TPSA) is 84.6 Å². The first kappa shape index (κ1) is 34.5. The minimum Gasteiger partial charge on any atom is -0.497 e. The van der Waals surface area contributed by atoms with Crippen LogP contribution in [0.25, 0.3) is 33.8 Å². The van der Waals surface area contributed by atoms with Gasteiger partial charge in [0.25, 0.3) is 0 Å². The number of carbonyl (C=O) groups excluding carboxylic acids is 2. The summed E-state index contributed by atoms with van der Waals surface area (Å²) in [7, 11) is 1.69. The molecule has 1 aliphatic carbocycles. The molecule has 1 fully saturated rings. The van der Waals surface area contributed by atoms with Crippen molar-refractivity contribution in [2.45, 2.75) is 111 Å². The number of esters is 2. The van der Waals surface area contributed by atoms with Crippen molar-refractivity contribution in [3.63, 3.8) is 0 Å². The summed E-state index contributed by atoms with van der Waals surface area (Å²) in [6.07, 6.45) is 11.1. The molecule has 4 aromatic rings. The Morgan fingerprint density at radius 3 is 2.47 bits per heavy atom. The van der Waals surface area contributed by atoms with Gasteiger partial charge >= 0.3 is 11.9 Å². The van der Waals surface area contributed by atoms with Crippen LogP contribution in [-0.2, 0) is 16.0 Å². The van der Waals surface area contributed by atoms with E-state index in [-0.39, 0.29) is 18.6 Å². The highest BCUT2D eigenvalue weighted by molar-refractivity contribution is 6.03. The van der Waals surface area contributed by atoms with Crippen molar-refractivity contribution in [2.24, 2.45) is 5.92 Å². The van der Waals surface area contributed by atoms with Crippen LogP contribution < -0.4 is 4.74 Å². The molecule has 3 heterocycles. The van der Waals surface area contributed by atoms with Gasteiger partial charge in [0.15, 0.2) is 5.69 Å². The second kappa shape index (κ2) is 13.9. The molecule has 0 radical (unpaired) electrons. The fourth-order valence-corrected chi connectivity index (χ4v) is 7.94. The van der Waals surface area contributed by atoms with Gasteiger partial charge in [0.2, 0.25) is 0 Å². The van der Waals surface area contributed by atoms with Crippen molar-refractivity contribution in [1.82, 2.24) is 14.1 Å². The van der Waals surface area contributed by atoms with Gasteiger partial charge in [-0.2, -0.15) is 0 Å². The van der Waals surface area contributed by atoms with Crippen LogP contribution in [0.5, 0.6) is 5.75 Å². The molecular formula is C41H51N3O5. The highest BCUT2D eigenvalue weighted by Crippen LogP contribution is 2.50. The molecule has 260 valence electrons. The zero-order chi connectivity index (χ0) is 35.0. The monoisotopic (exact) mass is 665 g/mol. The van der Waals surface area contributed by atoms with Crippen LogP contribution in [0, 0.1) is 5.92 Å². The number of hydrogen-bond acceptors (Lipinski definition) is 6. The lowest BCUT2D eigenvalue weighted by atomic mass is 9.72. The van der Waals surface area contributed by atoms with Gasteiger partial charge in [-0.3, -0.25) is 0 Å². The Labute approximate surface area is 290 Å². The van der Waals surface area contributed by atoms with E-state index in [1.165, 1.54) is 42.3 Å². The highest BCUT2D eigenvalue weighted by Gasteiger charge is 2.35. The zero-order valence-electron chi connectivity index (χ0n) is 30.4. The van der Waals surface area contributed by atoms with Crippen molar-refractivity contribution in [1.29, 1.82) is 0 Å². The maximum atomic E-state index is 13.5. The predicted octanol–water partition coefficient (Wildman–Crippen LogP) is 9.85. The average Bonchev–Trinajstić information content (AvgIpc) is 3.59. The van der Waals surface area contributed by atoms with Gasteiger partial charge in [0.1, 0.15) is 11.4 Å². The second-order valence-corrected chi connectivity index (χ2v) is 14.8. The fraction of sp³-hybridized carbons (Fsp3) is 0.488. The molecule has 0 amide bonds. The largest absolute Gasteiger partial charge is 0.497 e. The van der Waals surface area contributed by atoms with Gasteiger partial charge in [-0.25, -0.2) is 14.6 Å². The molecule has 2 aromatic heterocycles. The van der Waals surface area contributed by atoms with E-state index < -0.39 is 11.6 Å². The molecule has 2 unspecified atom stereocenters. The molecule has 2 aromatic carbocycles. The molecule has 0 N–H and O–H groups in total. The normalized spacial score (nSPS) is 17.7. The van der Waals surface area contributed by atoms with E-state index >= 15 is 0 Å². The molecule has 0 bridgehead atoms. The van der Waals surface area contributed by atoms with E-state index in [1.807, 2.05) is 45.9 Å². The third kappa shape index (κ3) is 6.66. The molecule has 0 spiro atoms. The van der Waals surface area contributed by atoms with Crippen LogP contribution in [0.1, 0.15) is 137 Å². The fourth-order valence-electron chi connectivity index (χ4n) is 7.94. The molecular weight excluding hydrogens is 614 g/mol. The second-order valence-electron chi connectivity index (χ2n) is 14.8. The minimum atomic E-state index is -0.616. The third-order valence-corrected chi connectivity index (χ3v) is 9.97. The number of imidazole rings is 1. The van der Waals surface area contributed by atoms with Crippen molar-refractivity contribution in [3.05, 3.63) is 70.8 Å². The van der Waals surface area contributed by atoms with E-state index in [0.29, 0.717) is 29.6 Å². The van der Waals surface area contributed by atoms with Crippen molar-refractivity contribution in [3.8, 4) is 17.0 Å². The number of methoxy groups -OCH3 is 1. The molecule has 49 heavy (non-hydrogen) atoms. The van der Waals surface area contributed by atoms with Gasteiger partial charge in [-0.15, -0.1) is 0 Å². The SMILES string of the molecule is CCCC1CCCCC1c1c2n(c3cc(C(=O)OC(C)(C)C)ccc13)CC(c1c(C(=O)OCC)ncn1C(C)C)=Cc1cc(OC)ccc1-2. The Hall–Kier alpha value is -4.33. The number of allylic oxidation sites excluding steroid dienone is 1. The van der Waals surface area contributed by atoms with E-state index in [2.05, 4.69) is 59.2 Å². The lowest BCUT2D eigenvalue weighted by Crippen LogP contribution is -2.23. The summed E-state index contributed by atoms with van der Waals surface area (Å²) in [5.74, 6) is 0.938. The Balaban J connectivity index is 1.68. The van der Waals surface area contributed by atoms with Crippen molar-refractivity contribution in [2.75, 3.05) is 13.7 Å². The summed E-state index contributed by atoms with van der Waals surface area (Å²) in [6.45, 7) is 14.7. The van der Waals surface area contributed by atoms with Crippen LogP contribution >= 0.6 is 0 Å². The molecule has 2 atom stereocenters. The summed E-state index contributed by atoms with van der Waals surface area (Å²) in [5, 5.41) is 1.17. The van der Waals surface area contributed by atoms with Crippen LogP contribution in [0.2, 0.25) is 0 Å². The Kier molecular flexibility index (Phi) is 9.79. The van der Waals surface area contributed by atoms with E-state index in [1.54, 1.807) is 13.4 Å². The maximum Gasteiger partial charge on any atom is 0.359 e. The zero-order valence-corrected chi connectivity index (χ0v) is 30.4. The molecule has 1 aliphatic heterocycles. The van der Waals surface area contributed by atoms with Gasteiger partial charge in [0, 0.05) is 22.5 Å². The quantitative estimate of drug-likeness (QED) is 0.166. The van der Waals surface area contributed by atoms with Gasteiger partial charge in [0.05, 0.1) is 43.5 Å². The Bertz CT molecular complexity index is 1900. The van der Waals surface area contributed by atoms with Gasteiger partial charge in [-0.05, 0) is 119 Å². The van der Waals surface area contributed by atoms with E-state index in [9.17, 15) is 9.59 Å². The number of nitrogens with zero attached hydrogens (tertiary/aromatic N) is 3.